The number of hydrogen-bond donors (Lipinski definition) is 1. The number of carbonyl (C=O) groups excluding carboxylic acids is 1. The zero-order chi connectivity index (χ0) is 17.9. The number of nitrogens with one attached hydrogen (secondary N) is 1. The summed E-state index contributed by atoms with van der Waals surface area (Å²) in [6.45, 7) is 0.0831. The van der Waals surface area contributed by atoms with E-state index in [0.717, 1.165) is 12.1 Å². The van der Waals surface area contributed by atoms with E-state index in [4.69, 9.17) is 4.74 Å². The number of alkyl halides is 3. The number of halogens is 3. The van der Waals surface area contributed by atoms with E-state index in [0.29, 0.717) is 16.9 Å². The second kappa shape index (κ2) is 6.76. The fourth-order valence-electron chi connectivity index (χ4n) is 2.14. The summed E-state index contributed by atoms with van der Waals surface area (Å²) in [4.78, 5) is 12.2. The van der Waals surface area contributed by atoms with Crippen molar-refractivity contribution in [2.24, 2.45) is 0 Å². The number of aromatic amines is 1. The Hall–Kier alpha value is -3.16. The third-order valence-corrected chi connectivity index (χ3v) is 3.43. The quantitative estimate of drug-likeness (QED) is 0.716. The van der Waals surface area contributed by atoms with Gasteiger partial charge in [0.25, 0.3) is 0 Å². The van der Waals surface area contributed by atoms with Gasteiger partial charge in [-0.15, -0.1) is 5.10 Å². The highest BCUT2D eigenvalue weighted by molar-refractivity contribution is 6.07. The maximum absolute atomic E-state index is 12.5. The van der Waals surface area contributed by atoms with E-state index in [1.807, 2.05) is 0 Å². The average Bonchev–Trinajstić information content (AvgIpc) is 3.14. The number of benzene rings is 2. The van der Waals surface area contributed by atoms with Gasteiger partial charge in [0.1, 0.15) is 12.4 Å². The first-order valence-electron chi connectivity index (χ1n) is 7.23. The predicted octanol–water partition coefficient (Wildman–Crippen LogP) is 3.63. The van der Waals surface area contributed by atoms with Crippen LogP contribution in [-0.2, 0) is 12.8 Å². The highest BCUT2D eigenvalue weighted by atomic mass is 19.4. The minimum atomic E-state index is -4.37. The molecule has 0 radical (unpaired) electrons. The van der Waals surface area contributed by atoms with Crippen LogP contribution >= 0.6 is 0 Å². The molecule has 128 valence electrons. The number of nitrogens with zero attached hydrogens (tertiary/aromatic N) is 2. The summed E-state index contributed by atoms with van der Waals surface area (Å²) in [6.07, 6.45) is -2.98. The topological polar surface area (TPSA) is 67.9 Å². The SMILES string of the molecule is O=C(c1cccc(OCc2ccc(C(F)(F)F)cc2)c1)c1c[nH]nn1. The highest BCUT2D eigenvalue weighted by Crippen LogP contribution is 2.29. The van der Waals surface area contributed by atoms with Gasteiger partial charge in [-0.25, -0.2) is 0 Å². The van der Waals surface area contributed by atoms with E-state index in [-0.39, 0.29) is 18.1 Å². The molecule has 1 heterocycles. The van der Waals surface area contributed by atoms with E-state index in [9.17, 15) is 18.0 Å². The lowest BCUT2D eigenvalue weighted by molar-refractivity contribution is -0.137. The smallest absolute Gasteiger partial charge is 0.416 e. The first-order valence-corrected chi connectivity index (χ1v) is 7.23. The van der Waals surface area contributed by atoms with Crippen molar-refractivity contribution in [3.63, 3.8) is 0 Å². The minimum Gasteiger partial charge on any atom is -0.489 e. The molecule has 0 fully saturated rings. The third-order valence-electron chi connectivity index (χ3n) is 3.43. The molecule has 25 heavy (non-hydrogen) atoms. The summed E-state index contributed by atoms with van der Waals surface area (Å²) in [5.74, 6) is 0.114. The van der Waals surface area contributed by atoms with Crippen molar-refractivity contribution in [3.05, 3.63) is 77.1 Å². The van der Waals surface area contributed by atoms with Gasteiger partial charge in [-0.05, 0) is 29.8 Å². The number of hydrogen-bond acceptors (Lipinski definition) is 4. The van der Waals surface area contributed by atoms with Crippen molar-refractivity contribution in [2.75, 3.05) is 0 Å². The molecule has 0 aliphatic rings. The molecule has 0 saturated carbocycles. The normalized spacial score (nSPS) is 11.3. The Kier molecular flexibility index (Phi) is 4.51. The van der Waals surface area contributed by atoms with Gasteiger partial charge >= 0.3 is 6.18 Å². The predicted molar refractivity (Wildman–Crippen MR) is 82.0 cm³/mol. The first kappa shape index (κ1) is 16.7. The zero-order valence-electron chi connectivity index (χ0n) is 12.7. The average molecular weight is 347 g/mol. The number of H-pyrrole nitrogens is 1. The molecule has 0 saturated heterocycles. The molecule has 0 amide bonds. The van der Waals surface area contributed by atoms with E-state index in [1.54, 1.807) is 24.3 Å². The lowest BCUT2D eigenvalue weighted by atomic mass is 10.1. The zero-order valence-corrected chi connectivity index (χ0v) is 12.7. The van der Waals surface area contributed by atoms with Crippen LogP contribution in [0.1, 0.15) is 27.2 Å². The Morgan fingerprint density at radius 3 is 2.52 bits per heavy atom. The maximum Gasteiger partial charge on any atom is 0.416 e. The summed E-state index contributed by atoms with van der Waals surface area (Å²) in [5, 5.41) is 9.60. The molecule has 0 atom stereocenters. The molecule has 0 unspecified atom stereocenters. The molecule has 3 aromatic rings. The van der Waals surface area contributed by atoms with Crippen molar-refractivity contribution >= 4 is 5.78 Å². The van der Waals surface area contributed by atoms with Gasteiger partial charge in [-0.1, -0.05) is 29.5 Å². The van der Waals surface area contributed by atoms with E-state index >= 15 is 0 Å². The molecular weight excluding hydrogens is 335 g/mol. The summed E-state index contributed by atoms with van der Waals surface area (Å²) in [5.41, 5.74) is 0.427. The molecule has 0 bridgehead atoms. The number of carbonyl (C=O) groups is 1. The van der Waals surface area contributed by atoms with Crippen LogP contribution in [0.3, 0.4) is 0 Å². The van der Waals surface area contributed by atoms with E-state index < -0.39 is 11.7 Å². The van der Waals surface area contributed by atoms with Gasteiger partial charge in [0.15, 0.2) is 5.69 Å². The molecule has 8 heteroatoms. The number of aromatic nitrogens is 3. The highest BCUT2D eigenvalue weighted by Gasteiger charge is 2.29. The van der Waals surface area contributed by atoms with Crippen LogP contribution in [0.25, 0.3) is 0 Å². The molecule has 1 N–H and O–H groups in total. The largest absolute Gasteiger partial charge is 0.489 e. The van der Waals surface area contributed by atoms with Gasteiger partial charge in [0.2, 0.25) is 5.78 Å². The summed E-state index contributed by atoms with van der Waals surface area (Å²) >= 11 is 0. The molecule has 0 aliphatic heterocycles. The summed E-state index contributed by atoms with van der Waals surface area (Å²) < 4.78 is 43.1. The van der Waals surface area contributed by atoms with Crippen LogP contribution in [0.5, 0.6) is 5.75 Å². The number of rotatable bonds is 5. The van der Waals surface area contributed by atoms with Gasteiger partial charge in [0.05, 0.1) is 11.8 Å². The van der Waals surface area contributed by atoms with E-state index in [1.165, 1.54) is 18.3 Å². The van der Waals surface area contributed by atoms with Crippen LogP contribution in [0.4, 0.5) is 13.2 Å². The van der Waals surface area contributed by atoms with Crippen LogP contribution in [-0.4, -0.2) is 21.2 Å². The number of ether oxygens (including phenoxy) is 1. The lowest BCUT2D eigenvalue weighted by Gasteiger charge is -2.09. The Balaban J connectivity index is 1.68. The second-order valence-corrected chi connectivity index (χ2v) is 5.20. The van der Waals surface area contributed by atoms with Crippen molar-refractivity contribution < 1.29 is 22.7 Å². The third kappa shape index (κ3) is 4.03. The van der Waals surface area contributed by atoms with Gasteiger partial charge in [-0.3, -0.25) is 9.89 Å². The van der Waals surface area contributed by atoms with Gasteiger partial charge in [0, 0.05) is 5.56 Å². The molecule has 3 rings (SSSR count). The van der Waals surface area contributed by atoms with Gasteiger partial charge in [-0.2, -0.15) is 13.2 Å². The van der Waals surface area contributed by atoms with Gasteiger partial charge < -0.3 is 4.74 Å². The number of ketones is 1. The fourth-order valence-corrected chi connectivity index (χ4v) is 2.14. The van der Waals surface area contributed by atoms with Crippen molar-refractivity contribution in [1.29, 1.82) is 0 Å². The molecule has 2 aromatic carbocycles. The van der Waals surface area contributed by atoms with Crippen molar-refractivity contribution in [3.8, 4) is 5.75 Å². The molecule has 0 aliphatic carbocycles. The van der Waals surface area contributed by atoms with Crippen LogP contribution in [0.2, 0.25) is 0 Å². The molecular formula is C17H12F3N3O2. The summed E-state index contributed by atoms with van der Waals surface area (Å²) in [7, 11) is 0. The second-order valence-electron chi connectivity index (χ2n) is 5.20. The first-order chi connectivity index (χ1) is 11.9. The van der Waals surface area contributed by atoms with Crippen molar-refractivity contribution in [1.82, 2.24) is 15.4 Å². The molecule has 0 spiro atoms. The molecule has 1 aromatic heterocycles. The Morgan fingerprint density at radius 1 is 1.12 bits per heavy atom. The van der Waals surface area contributed by atoms with Crippen LogP contribution in [0.15, 0.2) is 54.7 Å². The maximum atomic E-state index is 12.5. The Labute approximate surface area is 140 Å². The minimum absolute atomic E-state index is 0.0831. The van der Waals surface area contributed by atoms with Crippen LogP contribution < -0.4 is 4.74 Å². The fraction of sp³-hybridized carbons (Fsp3) is 0.118. The van der Waals surface area contributed by atoms with Crippen molar-refractivity contribution in [2.45, 2.75) is 12.8 Å². The van der Waals surface area contributed by atoms with Crippen LogP contribution in [0, 0.1) is 0 Å². The van der Waals surface area contributed by atoms with E-state index in [2.05, 4.69) is 15.4 Å². The summed E-state index contributed by atoms with van der Waals surface area (Å²) in [6, 6.07) is 11.2. The Bertz CT molecular complexity index is 860. The lowest BCUT2D eigenvalue weighted by Crippen LogP contribution is -2.05. The standard InChI is InChI=1S/C17H12F3N3O2/c18-17(19,20)13-6-4-11(5-7-13)10-25-14-3-1-2-12(8-14)16(24)15-9-21-23-22-15/h1-9H,10H2,(H,21,22,23). The monoisotopic (exact) mass is 347 g/mol. The Morgan fingerprint density at radius 2 is 1.88 bits per heavy atom. The molecule has 5 nitrogen and oxygen atoms in total.